The molecule has 6 nitrogen and oxygen atoms in total. The fraction of sp³-hybridized carbons (Fsp3) is 0.417. The minimum absolute atomic E-state index is 0. The van der Waals surface area contributed by atoms with Crippen LogP contribution in [0.1, 0.15) is 10.4 Å². The number of aromatic carboxylic acids is 1. The minimum Gasteiger partial charge on any atom is -0.478 e. The highest BCUT2D eigenvalue weighted by molar-refractivity contribution is 7.99. The third kappa shape index (κ3) is 3.96. The van der Waals surface area contributed by atoms with Gasteiger partial charge >= 0.3 is 5.97 Å². The first-order valence-corrected chi connectivity index (χ1v) is 6.53. The molecule has 0 amide bonds. The van der Waals surface area contributed by atoms with Gasteiger partial charge in [-0.3, -0.25) is 0 Å². The van der Waals surface area contributed by atoms with E-state index in [2.05, 4.69) is 0 Å². The molecule has 1 fully saturated rings. The van der Waals surface area contributed by atoms with E-state index in [-0.39, 0.29) is 29.5 Å². The van der Waals surface area contributed by atoms with Gasteiger partial charge in [-0.15, -0.1) is 0 Å². The number of hydrogen-bond donors (Lipinski definition) is 4. The molecule has 0 aliphatic carbocycles. The lowest BCUT2D eigenvalue weighted by molar-refractivity contribution is -0.161. The Morgan fingerprint density at radius 3 is 2.30 bits per heavy atom. The molecule has 20 heavy (non-hydrogen) atoms. The van der Waals surface area contributed by atoms with E-state index in [1.807, 2.05) is 0 Å². The largest absolute Gasteiger partial charge is 0.478 e. The number of ether oxygens (including phenoxy) is 1. The summed E-state index contributed by atoms with van der Waals surface area (Å²) in [6.45, 7) is -0.0525. The van der Waals surface area contributed by atoms with Gasteiger partial charge in [0, 0.05) is 4.90 Å². The van der Waals surface area contributed by atoms with Gasteiger partial charge in [0.05, 0.1) is 12.2 Å². The van der Waals surface area contributed by atoms with Gasteiger partial charge in [-0.05, 0) is 24.3 Å². The molecule has 2 rings (SSSR count). The maximum atomic E-state index is 10.7. The summed E-state index contributed by atoms with van der Waals surface area (Å²) in [5.41, 5.74) is -0.529. The highest BCUT2D eigenvalue weighted by atomic mass is 32.2. The summed E-state index contributed by atoms with van der Waals surface area (Å²) in [7, 11) is 0. The van der Waals surface area contributed by atoms with Crippen LogP contribution < -0.4 is 0 Å². The predicted octanol–water partition coefficient (Wildman–Crippen LogP) is -1.27. The lowest BCUT2D eigenvalue weighted by Gasteiger charge is -2.34. The van der Waals surface area contributed by atoms with E-state index in [4.69, 9.17) is 9.84 Å². The van der Waals surface area contributed by atoms with Gasteiger partial charge in [0.25, 0.3) is 0 Å². The van der Waals surface area contributed by atoms with E-state index >= 15 is 0 Å². The summed E-state index contributed by atoms with van der Waals surface area (Å²) in [6, 6.07) is 6.10. The standard InChI is InChI=1S/C12H14O6S.Al.3H/c13-8-5-18-12(10(15)9(8)14)19-7-3-1-6(2-4-7)11(16)17;;;;/h1-4,8-10,12-15H,5H2,(H,16,17);;;;/t8-,9+,10-,12+;;;;/m1..../s1. The quantitative estimate of drug-likeness (QED) is 0.515. The Kier molecular flexibility index (Phi) is 6.49. The average Bonchev–Trinajstić information content (AvgIpc) is 2.40. The summed E-state index contributed by atoms with van der Waals surface area (Å²) in [6.07, 6.45) is -3.54. The van der Waals surface area contributed by atoms with Crippen LogP contribution in [0.5, 0.6) is 0 Å². The zero-order valence-corrected chi connectivity index (χ0v) is 10.7. The van der Waals surface area contributed by atoms with E-state index in [9.17, 15) is 20.1 Å². The monoisotopic (exact) mass is 316 g/mol. The maximum absolute atomic E-state index is 10.7. The van der Waals surface area contributed by atoms with Crippen LogP contribution in [0.3, 0.4) is 0 Å². The first kappa shape index (κ1) is 17.5. The summed E-state index contributed by atoms with van der Waals surface area (Å²) in [4.78, 5) is 11.4. The number of benzene rings is 1. The molecule has 1 aliphatic heterocycles. The van der Waals surface area contributed by atoms with Gasteiger partial charge in [-0.2, -0.15) is 0 Å². The lowest BCUT2D eigenvalue weighted by atomic mass is 10.1. The normalized spacial score (nSPS) is 29.6. The molecule has 4 atom stereocenters. The topological polar surface area (TPSA) is 107 Å². The third-order valence-electron chi connectivity index (χ3n) is 2.81. The number of aliphatic hydroxyl groups is 3. The molecule has 4 N–H and O–H groups in total. The maximum Gasteiger partial charge on any atom is 0.335 e. The van der Waals surface area contributed by atoms with E-state index < -0.39 is 29.7 Å². The van der Waals surface area contributed by atoms with E-state index in [1.165, 1.54) is 12.1 Å². The van der Waals surface area contributed by atoms with Crippen molar-refractivity contribution < 1.29 is 30.0 Å². The van der Waals surface area contributed by atoms with Crippen molar-refractivity contribution in [3.8, 4) is 0 Å². The van der Waals surface area contributed by atoms with E-state index in [0.717, 1.165) is 11.8 Å². The number of hydrogen-bond acceptors (Lipinski definition) is 6. The number of rotatable bonds is 3. The van der Waals surface area contributed by atoms with Gasteiger partial charge < -0.3 is 25.2 Å². The molecule has 110 valence electrons. The lowest BCUT2D eigenvalue weighted by Crippen LogP contribution is -2.51. The molecule has 0 bridgehead atoms. The molecule has 1 saturated heterocycles. The van der Waals surface area contributed by atoms with Crippen molar-refractivity contribution in [3.63, 3.8) is 0 Å². The van der Waals surface area contributed by atoms with Gasteiger partial charge in [0.2, 0.25) is 0 Å². The Balaban J connectivity index is 0.00000200. The van der Waals surface area contributed by atoms with Crippen molar-refractivity contribution in [2.75, 3.05) is 6.61 Å². The number of carboxylic acid groups (broad SMARTS) is 1. The smallest absolute Gasteiger partial charge is 0.335 e. The molecule has 1 heterocycles. The molecular weight excluding hydrogens is 299 g/mol. The Labute approximate surface area is 130 Å². The van der Waals surface area contributed by atoms with Crippen LogP contribution in [0.2, 0.25) is 0 Å². The van der Waals surface area contributed by atoms with Crippen LogP contribution in [0.25, 0.3) is 0 Å². The van der Waals surface area contributed by atoms with Crippen LogP contribution in [0, 0.1) is 0 Å². The molecule has 1 aromatic rings. The number of thioether (sulfide) groups is 1. The van der Waals surface area contributed by atoms with Gasteiger partial charge in [-0.1, -0.05) is 11.8 Å². The zero-order chi connectivity index (χ0) is 14.0. The van der Waals surface area contributed by atoms with Crippen LogP contribution in [-0.2, 0) is 4.74 Å². The zero-order valence-electron chi connectivity index (χ0n) is 9.84. The van der Waals surface area contributed by atoms with Crippen molar-refractivity contribution in [2.24, 2.45) is 0 Å². The highest BCUT2D eigenvalue weighted by Gasteiger charge is 2.37. The van der Waals surface area contributed by atoms with Crippen molar-refractivity contribution in [3.05, 3.63) is 29.8 Å². The number of carbonyl (C=O) groups is 1. The molecule has 8 heteroatoms. The Bertz CT molecular complexity index is 454. The molecule has 0 aromatic heterocycles. The van der Waals surface area contributed by atoms with Crippen LogP contribution in [-0.4, -0.2) is 74.1 Å². The molecule has 0 spiro atoms. The molecule has 0 saturated carbocycles. The number of carboxylic acids is 1. The highest BCUT2D eigenvalue weighted by Crippen LogP contribution is 2.31. The Morgan fingerprint density at radius 2 is 1.75 bits per heavy atom. The molecule has 0 radical (unpaired) electrons. The second-order valence-electron chi connectivity index (χ2n) is 4.20. The summed E-state index contributed by atoms with van der Waals surface area (Å²) in [5, 5.41) is 37.4. The van der Waals surface area contributed by atoms with Crippen LogP contribution in [0.15, 0.2) is 29.2 Å². The number of aliphatic hydroxyl groups excluding tert-OH is 3. The van der Waals surface area contributed by atoms with Crippen LogP contribution in [0.4, 0.5) is 0 Å². The summed E-state index contributed by atoms with van der Waals surface area (Å²) in [5.74, 6) is -1.01. The van der Waals surface area contributed by atoms with E-state index in [1.54, 1.807) is 12.1 Å². The molecule has 0 unspecified atom stereocenters. The Morgan fingerprint density at radius 1 is 1.15 bits per heavy atom. The molecule has 1 aliphatic rings. The van der Waals surface area contributed by atoms with Crippen molar-refractivity contribution in [2.45, 2.75) is 28.6 Å². The second-order valence-corrected chi connectivity index (χ2v) is 5.37. The van der Waals surface area contributed by atoms with Gasteiger partial charge in [-0.25, -0.2) is 4.79 Å². The first-order valence-electron chi connectivity index (χ1n) is 5.65. The minimum atomic E-state index is -1.25. The third-order valence-corrected chi connectivity index (χ3v) is 4.00. The van der Waals surface area contributed by atoms with Crippen molar-refractivity contribution >= 4 is 35.1 Å². The van der Waals surface area contributed by atoms with Crippen molar-refractivity contribution in [1.82, 2.24) is 0 Å². The molecular formula is C12H17AlO6S. The fourth-order valence-electron chi connectivity index (χ4n) is 1.69. The second kappa shape index (κ2) is 7.43. The van der Waals surface area contributed by atoms with Crippen molar-refractivity contribution in [1.29, 1.82) is 0 Å². The molecule has 1 aromatic carbocycles. The van der Waals surface area contributed by atoms with Gasteiger partial charge in [0.15, 0.2) is 17.4 Å². The average molecular weight is 316 g/mol. The Hall–Kier alpha value is -0.588. The SMILES string of the molecule is O=C(O)c1ccc(S[C@@H]2OC[C@@H](O)[C@H](O)[C@H]2O)cc1.[AlH3]. The van der Waals surface area contributed by atoms with Crippen LogP contribution >= 0.6 is 11.8 Å². The van der Waals surface area contributed by atoms with E-state index in [0.29, 0.717) is 4.90 Å². The fourth-order valence-corrected chi connectivity index (χ4v) is 2.70. The summed E-state index contributed by atoms with van der Waals surface area (Å²) < 4.78 is 5.24. The summed E-state index contributed by atoms with van der Waals surface area (Å²) >= 11 is 1.16. The van der Waals surface area contributed by atoms with Gasteiger partial charge in [0.1, 0.15) is 23.7 Å². The first-order chi connectivity index (χ1) is 8.99. The predicted molar refractivity (Wildman–Crippen MR) is 77.0 cm³/mol.